The molecule has 1 aromatic heterocycles. The van der Waals surface area contributed by atoms with Crippen LogP contribution in [0.1, 0.15) is 35.3 Å². The van der Waals surface area contributed by atoms with Crippen molar-refractivity contribution < 1.29 is 13.2 Å². The van der Waals surface area contributed by atoms with Gasteiger partial charge in [-0.05, 0) is 31.2 Å². The minimum Gasteiger partial charge on any atom is -0.309 e. The van der Waals surface area contributed by atoms with Gasteiger partial charge < -0.3 is 5.32 Å². The standard InChI is InChI=1S/C15H18F3N3/c1-4-13-12(9-21(3)20-13)14(19-2)10-5-7-11(8-6-10)15(16,17)18/h5-9,14,19H,4H2,1-3H3. The Kier molecular flexibility index (Phi) is 4.37. The van der Waals surface area contributed by atoms with E-state index in [9.17, 15) is 13.2 Å². The fourth-order valence-electron chi connectivity index (χ4n) is 2.44. The number of hydrogen-bond acceptors (Lipinski definition) is 2. The molecule has 0 bridgehead atoms. The van der Waals surface area contributed by atoms with E-state index < -0.39 is 11.7 Å². The largest absolute Gasteiger partial charge is 0.416 e. The highest BCUT2D eigenvalue weighted by Gasteiger charge is 2.30. The molecule has 1 N–H and O–H groups in total. The SMILES string of the molecule is CCc1nn(C)cc1C(NC)c1ccc(C(F)(F)F)cc1. The van der Waals surface area contributed by atoms with E-state index in [0.717, 1.165) is 35.4 Å². The van der Waals surface area contributed by atoms with Crippen LogP contribution in [0.4, 0.5) is 13.2 Å². The number of rotatable bonds is 4. The van der Waals surface area contributed by atoms with Gasteiger partial charge in [0.25, 0.3) is 0 Å². The average Bonchev–Trinajstić information content (AvgIpc) is 2.80. The van der Waals surface area contributed by atoms with Crippen LogP contribution in [0, 0.1) is 0 Å². The molecule has 0 fully saturated rings. The molecule has 0 aliphatic rings. The van der Waals surface area contributed by atoms with E-state index in [1.165, 1.54) is 12.1 Å². The van der Waals surface area contributed by atoms with Gasteiger partial charge in [0.1, 0.15) is 0 Å². The third-order valence-corrected chi connectivity index (χ3v) is 3.44. The summed E-state index contributed by atoms with van der Waals surface area (Å²) in [5.41, 5.74) is 2.08. The topological polar surface area (TPSA) is 29.9 Å². The van der Waals surface area contributed by atoms with Gasteiger partial charge in [-0.15, -0.1) is 0 Å². The maximum Gasteiger partial charge on any atom is 0.416 e. The Morgan fingerprint density at radius 3 is 2.33 bits per heavy atom. The maximum absolute atomic E-state index is 12.6. The molecule has 0 saturated carbocycles. The number of nitrogens with zero attached hydrogens (tertiary/aromatic N) is 2. The monoisotopic (exact) mass is 297 g/mol. The highest BCUT2D eigenvalue weighted by Crippen LogP contribution is 2.31. The molecule has 1 unspecified atom stereocenters. The molecule has 114 valence electrons. The molecule has 1 atom stereocenters. The molecule has 2 rings (SSSR count). The van der Waals surface area contributed by atoms with Gasteiger partial charge in [0.15, 0.2) is 0 Å². The summed E-state index contributed by atoms with van der Waals surface area (Å²) in [6.07, 6.45) is -1.64. The number of hydrogen-bond donors (Lipinski definition) is 1. The van der Waals surface area contributed by atoms with E-state index >= 15 is 0 Å². The number of aromatic nitrogens is 2. The van der Waals surface area contributed by atoms with Crippen LogP contribution < -0.4 is 5.32 Å². The minimum atomic E-state index is -4.31. The summed E-state index contributed by atoms with van der Waals surface area (Å²) in [7, 11) is 3.62. The van der Waals surface area contributed by atoms with Gasteiger partial charge in [-0.1, -0.05) is 19.1 Å². The summed E-state index contributed by atoms with van der Waals surface area (Å²) >= 11 is 0. The van der Waals surface area contributed by atoms with Crippen LogP contribution in [0.3, 0.4) is 0 Å². The lowest BCUT2D eigenvalue weighted by molar-refractivity contribution is -0.137. The van der Waals surface area contributed by atoms with Gasteiger partial charge in [-0.3, -0.25) is 4.68 Å². The molecule has 0 aliphatic carbocycles. The van der Waals surface area contributed by atoms with Crippen molar-refractivity contribution in [2.24, 2.45) is 7.05 Å². The Balaban J connectivity index is 2.37. The molecule has 0 aliphatic heterocycles. The van der Waals surface area contributed by atoms with Gasteiger partial charge in [0.05, 0.1) is 17.3 Å². The van der Waals surface area contributed by atoms with E-state index in [0.29, 0.717) is 0 Å². The van der Waals surface area contributed by atoms with Crippen LogP contribution >= 0.6 is 0 Å². The fourth-order valence-corrected chi connectivity index (χ4v) is 2.44. The van der Waals surface area contributed by atoms with Gasteiger partial charge in [-0.2, -0.15) is 18.3 Å². The predicted molar refractivity (Wildman–Crippen MR) is 74.9 cm³/mol. The number of nitrogens with one attached hydrogen (secondary N) is 1. The minimum absolute atomic E-state index is 0.170. The van der Waals surface area contributed by atoms with Gasteiger partial charge in [-0.25, -0.2) is 0 Å². The van der Waals surface area contributed by atoms with Crippen LogP contribution in [-0.4, -0.2) is 16.8 Å². The highest BCUT2D eigenvalue weighted by molar-refractivity contribution is 5.35. The van der Waals surface area contributed by atoms with Crippen molar-refractivity contribution in [3.63, 3.8) is 0 Å². The van der Waals surface area contributed by atoms with Crippen molar-refractivity contribution in [3.05, 3.63) is 52.8 Å². The summed E-state index contributed by atoms with van der Waals surface area (Å²) in [5, 5.41) is 7.52. The number of benzene rings is 1. The molecule has 2 aromatic rings. The normalized spacial score (nSPS) is 13.4. The Hall–Kier alpha value is -1.82. The van der Waals surface area contributed by atoms with Gasteiger partial charge in [0.2, 0.25) is 0 Å². The second-order valence-corrected chi connectivity index (χ2v) is 4.90. The van der Waals surface area contributed by atoms with Crippen molar-refractivity contribution in [1.82, 2.24) is 15.1 Å². The second-order valence-electron chi connectivity index (χ2n) is 4.90. The lowest BCUT2D eigenvalue weighted by Gasteiger charge is -2.17. The van der Waals surface area contributed by atoms with Crippen LogP contribution in [0.15, 0.2) is 30.5 Å². The molecule has 0 spiro atoms. The van der Waals surface area contributed by atoms with Crippen LogP contribution in [0.25, 0.3) is 0 Å². The van der Waals surface area contributed by atoms with Crippen LogP contribution in [-0.2, 0) is 19.6 Å². The fraction of sp³-hybridized carbons (Fsp3) is 0.400. The van der Waals surface area contributed by atoms with Gasteiger partial charge >= 0.3 is 6.18 Å². The molecule has 3 nitrogen and oxygen atoms in total. The first kappa shape index (κ1) is 15.6. The molecule has 6 heteroatoms. The van der Waals surface area contributed by atoms with Crippen LogP contribution in [0.2, 0.25) is 0 Å². The molecule has 0 amide bonds. The van der Waals surface area contributed by atoms with Crippen molar-refractivity contribution in [2.45, 2.75) is 25.6 Å². The van der Waals surface area contributed by atoms with Crippen molar-refractivity contribution >= 4 is 0 Å². The van der Waals surface area contributed by atoms with Crippen LogP contribution in [0.5, 0.6) is 0 Å². The first-order chi connectivity index (χ1) is 9.86. The quantitative estimate of drug-likeness (QED) is 0.938. The van der Waals surface area contributed by atoms with Crippen molar-refractivity contribution in [1.29, 1.82) is 0 Å². The first-order valence-corrected chi connectivity index (χ1v) is 6.73. The van der Waals surface area contributed by atoms with E-state index in [4.69, 9.17) is 0 Å². The highest BCUT2D eigenvalue weighted by atomic mass is 19.4. The average molecular weight is 297 g/mol. The number of aryl methyl sites for hydroxylation is 2. The summed E-state index contributed by atoms with van der Waals surface area (Å²) in [6.45, 7) is 2.01. The summed E-state index contributed by atoms with van der Waals surface area (Å²) in [6, 6.07) is 5.08. The second kappa shape index (κ2) is 5.89. The molecular formula is C15H18F3N3. The third kappa shape index (κ3) is 3.26. The van der Waals surface area contributed by atoms with Crippen molar-refractivity contribution in [3.8, 4) is 0 Å². The van der Waals surface area contributed by atoms with E-state index in [1.54, 1.807) is 11.7 Å². The summed E-state index contributed by atoms with van der Waals surface area (Å²) < 4.78 is 39.6. The van der Waals surface area contributed by atoms with E-state index in [2.05, 4.69) is 10.4 Å². The Morgan fingerprint density at radius 1 is 1.24 bits per heavy atom. The third-order valence-electron chi connectivity index (χ3n) is 3.44. The zero-order valence-electron chi connectivity index (χ0n) is 12.2. The lowest BCUT2D eigenvalue weighted by atomic mass is 9.97. The summed E-state index contributed by atoms with van der Waals surface area (Å²) in [4.78, 5) is 0. The Morgan fingerprint density at radius 2 is 1.86 bits per heavy atom. The van der Waals surface area contributed by atoms with E-state index in [1.807, 2.05) is 20.2 Å². The maximum atomic E-state index is 12.6. The van der Waals surface area contributed by atoms with E-state index in [-0.39, 0.29) is 6.04 Å². The first-order valence-electron chi connectivity index (χ1n) is 6.73. The van der Waals surface area contributed by atoms with Gasteiger partial charge in [0, 0.05) is 18.8 Å². The number of alkyl halides is 3. The number of halogens is 3. The molecule has 0 saturated heterocycles. The lowest BCUT2D eigenvalue weighted by Crippen LogP contribution is -2.18. The molecular weight excluding hydrogens is 279 g/mol. The molecule has 21 heavy (non-hydrogen) atoms. The molecule has 1 aromatic carbocycles. The Labute approximate surface area is 121 Å². The molecule has 0 radical (unpaired) electrons. The predicted octanol–water partition coefficient (Wildman–Crippen LogP) is 3.31. The Bertz CT molecular complexity index is 600. The molecule has 1 heterocycles. The zero-order chi connectivity index (χ0) is 15.6. The zero-order valence-corrected chi connectivity index (χ0v) is 12.2. The smallest absolute Gasteiger partial charge is 0.309 e. The summed E-state index contributed by atoms with van der Waals surface area (Å²) in [5.74, 6) is 0. The van der Waals surface area contributed by atoms with Crippen molar-refractivity contribution in [2.75, 3.05) is 7.05 Å².